The molecule has 2 atom stereocenters. The van der Waals surface area contributed by atoms with Crippen molar-refractivity contribution >= 4 is 15.8 Å². The lowest BCUT2D eigenvalue weighted by Crippen LogP contribution is -2.33. The van der Waals surface area contributed by atoms with Gasteiger partial charge in [0.2, 0.25) is 10.0 Å². The molecule has 0 spiro atoms. The molecule has 0 bridgehead atoms. The number of rotatable bonds is 3. The topological polar surface area (TPSA) is 95.8 Å². The molecule has 2 fully saturated rings. The highest BCUT2D eigenvalue weighted by atomic mass is 32.2. The van der Waals surface area contributed by atoms with E-state index >= 15 is 0 Å². The van der Waals surface area contributed by atoms with Crippen LogP contribution in [0.5, 0.6) is 11.5 Å². The second-order valence-corrected chi connectivity index (χ2v) is 9.51. The predicted molar refractivity (Wildman–Crippen MR) is 104 cm³/mol. The highest BCUT2D eigenvalue weighted by molar-refractivity contribution is 7.89. The second-order valence-electron chi connectivity index (χ2n) is 7.57. The van der Waals surface area contributed by atoms with Gasteiger partial charge in [0, 0.05) is 38.4 Å². The van der Waals surface area contributed by atoms with Crippen LogP contribution in [-0.2, 0) is 10.0 Å². The van der Waals surface area contributed by atoms with Crippen LogP contribution in [0.1, 0.15) is 5.56 Å². The summed E-state index contributed by atoms with van der Waals surface area (Å²) in [7, 11) is -3.58. The molecule has 2 saturated heterocycles. The van der Waals surface area contributed by atoms with Gasteiger partial charge in [0.1, 0.15) is 25.1 Å². The quantitative estimate of drug-likeness (QED) is 0.753. The summed E-state index contributed by atoms with van der Waals surface area (Å²) >= 11 is 0. The summed E-state index contributed by atoms with van der Waals surface area (Å²) in [5.41, 5.74) is 0.532. The van der Waals surface area contributed by atoms with E-state index < -0.39 is 10.0 Å². The summed E-state index contributed by atoms with van der Waals surface area (Å²) in [4.78, 5) is 6.77. The molecule has 0 aliphatic carbocycles. The van der Waals surface area contributed by atoms with Crippen molar-refractivity contribution in [2.75, 3.05) is 44.3 Å². The lowest BCUT2D eigenvalue weighted by Gasteiger charge is -2.23. The average molecular weight is 412 g/mol. The number of benzene rings is 1. The molecule has 9 heteroatoms. The third-order valence-electron chi connectivity index (χ3n) is 5.81. The van der Waals surface area contributed by atoms with Crippen LogP contribution in [0, 0.1) is 23.2 Å². The fraction of sp³-hybridized carbons (Fsp3) is 0.400. The third kappa shape index (κ3) is 3.18. The lowest BCUT2D eigenvalue weighted by atomic mass is 10.0. The molecule has 5 rings (SSSR count). The Bertz CT molecular complexity index is 1070. The summed E-state index contributed by atoms with van der Waals surface area (Å²) in [5, 5.41) is 8.91. The fourth-order valence-corrected chi connectivity index (χ4v) is 5.88. The van der Waals surface area contributed by atoms with Gasteiger partial charge in [-0.3, -0.25) is 0 Å². The van der Waals surface area contributed by atoms with Gasteiger partial charge in [-0.15, -0.1) is 0 Å². The van der Waals surface area contributed by atoms with Crippen LogP contribution in [0.15, 0.2) is 41.4 Å². The number of nitrogens with zero attached hydrogens (tertiary/aromatic N) is 4. The van der Waals surface area contributed by atoms with Crippen LogP contribution in [0.2, 0.25) is 0 Å². The average Bonchev–Trinajstić information content (AvgIpc) is 3.33. The van der Waals surface area contributed by atoms with E-state index in [-0.39, 0.29) is 16.7 Å². The molecule has 4 heterocycles. The molecule has 3 aliphatic heterocycles. The molecule has 0 amide bonds. The zero-order valence-electron chi connectivity index (χ0n) is 15.7. The summed E-state index contributed by atoms with van der Waals surface area (Å²) in [6, 6.07) is 10.5. The van der Waals surface area contributed by atoms with Crippen molar-refractivity contribution in [1.29, 1.82) is 5.26 Å². The van der Waals surface area contributed by atoms with E-state index in [1.165, 1.54) is 0 Å². The lowest BCUT2D eigenvalue weighted by molar-refractivity contribution is 0.171. The van der Waals surface area contributed by atoms with Crippen LogP contribution in [0.3, 0.4) is 0 Å². The van der Waals surface area contributed by atoms with Crippen LogP contribution in [-0.4, -0.2) is 57.1 Å². The molecule has 3 aliphatic rings. The molecule has 150 valence electrons. The van der Waals surface area contributed by atoms with Gasteiger partial charge in [-0.05, 0) is 36.1 Å². The van der Waals surface area contributed by atoms with E-state index in [2.05, 4.69) is 16.0 Å². The van der Waals surface area contributed by atoms with Crippen LogP contribution in [0.25, 0.3) is 0 Å². The minimum atomic E-state index is -3.58. The Morgan fingerprint density at radius 1 is 1.00 bits per heavy atom. The molecule has 1 aromatic carbocycles. The van der Waals surface area contributed by atoms with Crippen molar-refractivity contribution < 1.29 is 17.9 Å². The number of fused-ring (bicyclic) bond motifs is 2. The first-order chi connectivity index (χ1) is 14.0. The van der Waals surface area contributed by atoms with Gasteiger partial charge >= 0.3 is 0 Å². The molecule has 2 aromatic rings. The predicted octanol–water partition coefficient (Wildman–Crippen LogP) is 1.48. The number of hydrogen-bond donors (Lipinski definition) is 0. The Kier molecular flexibility index (Phi) is 4.33. The molecule has 1 aromatic heterocycles. The van der Waals surface area contributed by atoms with Gasteiger partial charge in [0.05, 0.1) is 10.5 Å². The van der Waals surface area contributed by atoms with Crippen LogP contribution >= 0.6 is 0 Å². The van der Waals surface area contributed by atoms with E-state index in [1.807, 2.05) is 6.07 Å². The maximum atomic E-state index is 13.1. The Morgan fingerprint density at radius 3 is 2.38 bits per heavy atom. The Hall–Kier alpha value is -2.83. The number of nitriles is 1. The molecule has 0 radical (unpaired) electrons. The third-order valence-corrected chi connectivity index (χ3v) is 7.63. The minimum Gasteiger partial charge on any atom is -0.486 e. The van der Waals surface area contributed by atoms with Crippen molar-refractivity contribution in [3.8, 4) is 17.6 Å². The van der Waals surface area contributed by atoms with E-state index in [0.717, 1.165) is 18.9 Å². The highest BCUT2D eigenvalue weighted by Gasteiger charge is 2.44. The maximum Gasteiger partial charge on any atom is 0.243 e. The number of aromatic nitrogens is 1. The Morgan fingerprint density at radius 2 is 1.72 bits per heavy atom. The van der Waals surface area contributed by atoms with Crippen LogP contribution < -0.4 is 14.4 Å². The second kappa shape index (κ2) is 6.90. The summed E-state index contributed by atoms with van der Waals surface area (Å²) in [5.74, 6) is 2.42. The standard InChI is InChI=1S/C20H20N4O4S/c21-8-14-1-4-20(22-9-14)23-10-15-12-24(13-16(15)11-23)29(25,26)17-2-3-18-19(7-17)28-6-5-27-18/h1-4,7,9,15-16H,5-6,10-13H2. The fourth-order valence-electron chi connectivity index (χ4n) is 4.31. The zero-order valence-corrected chi connectivity index (χ0v) is 16.5. The number of ether oxygens (including phenoxy) is 2. The zero-order chi connectivity index (χ0) is 20.0. The molecule has 0 N–H and O–H groups in total. The summed E-state index contributed by atoms with van der Waals surface area (Å²) in [6.45, 7) is 3.40. The monoisotopic (exact) mass is 412 g/mol. The number of anilines is 1. The Labute approximate surface area is 169 Å². The number of pyridine rings is 1. The van der Waals surface area contributed by atoms with Crippen molar-refractivity contribution in [2.24, 2.45) is 11.8 Å². The van der Waals surface area contributed by atoms with Gasteiger partial charge in [-0.1, -0.05) is 0 Å². The first-order valence-corrected chi connectivity index (χ1v) is 11.0. The Balaban J connectivity index is 1.30. The molecular weight excluding hydrogens is 392 g/mol. The molecular formula is C20H20N4O4S. The summed E-state index contributed by atoms with van der Waals surface area (Å²) in [6.07, 6.45) is 1.57. The minimum absolute atomic E-state index is 0.243. The first-order valence-electron chi connectivity index (χ1n) is 9.55. The van der Waals surface area contributed by atoms with Gasteiger partial charge in [0.15, 0.2) is 11.5 Å². The van der Waals surface area contributed by atoms with Crippen LogP contribution in [0.4, 0.5) is 5.82 Å². The van der Waals surface area contributed by atoms with E-state index in [4.69, 9.17) is 14.7 Å². The van der Waals surface area contributed by atoms with Crippen molar-refractivity contribution in [1.82, 2.24) is 9.29 Å². The smallest absolute Gasteiger partial charge is 0.243 e. The molecule has 0 saturated carbocycles. The van der Waals surface area contributed by atoms with E-state index in [0.29, 0.717) is 43.4 Å². The van der Waals surface area contributed by atoms with E-state index in [1.54, 1.807) is 34.8 Å². The normalized spacial score (nSPS) is 23.6. The summed E-state index contributed by atoms with van der Waals surface area (Å²) < 4.78 is 38.9. The van der Waals surface area contributed by atoms with Gasteiger partial charge in [-0.25, -0.2) is 13.4 Å². The molecule has 8 nitrogen and oxygen atoms in total. The van der Waals surface area contributed by atoms with Crippen molar-refractivity contribution in [3.63, 3.8) is 0 Å². The SMILES string of the molecule is N#Cc1ccc(N2CC3CN(S(=O)(=O)c4ccc5c(c4)OCCO5)CC3C2)nc1. The van der Waals surface area contributed by atoms with E-state index in [9.17, 15) is 8.42 Å². The largest absolute Gasteiger partial charge is 0.486 e. The maximum absolute atomic E-state index is 13.1. The first kappa shape index (κ1) is 18.2. The van der Waals surface area contributed by atoms with Gasteiger partial charge in [-0.2, -0.15) is 9.57 Å². The van der Waals surface area contributed by atoms with Gasteiger partial charge < -0.3 is 14.4 Å². The molecule has 29 heavy (non-hydrogen) atoms. The highest BCUT2D eigenvalue weighted by Crippen LogP contribution is 2.38. The number of hydrogen-bond acceptors (Lipinski definition) is 7. The number of sulfonamides is 1. The van der Waals surface area contributed by atoms with Crippen molar-refractivity contribution in [3.05, 3.63) is 42.1 Å². The van der Waals surface area contributed by atoms with Gasteiger partial charge in [0.25, 0.3) is 0 Å². The van der Waals surface area contributed by atoms with Crippen molar-refractivity contribution in [2.45, 2.75) is 4.90 Å². The molecule has 2 unspecified atom stereocenters.